The SMILES string of the molecule is Nc1cc(F)cc(F)c1NC(=O)CC1CCCCCC1. The van der Waals surface area contributed by atoms with Crippen molar-refractivity contribution in [2.45, 2.75) is 44.9 Å². The number of carbonyl (C=O) groups is 1. The van der Waals surface area contributed by atoms with Gasteiger partial charge in [0.25, 0.3) is 0 Å². The highest BCUT2D eigenvalue weighted by atomic mass is 19.1. The zero-order chi connectivity index (χ0) is 14.5. The summed E-state index contributed by atoms with van der Waals surface area (Å²) in [6.45, 7) is 0. The molecule has 1 aliphatic rings. The number of halogens is 2. The maximum atomic E-state index is 13.6. The van der Waals surface area contributed by atoms with Gasteiger partial charge in [0.05, 0.1) is 5.69 Å². The van der Waals surface area contributed by atoms with E-state index in [2.05, 4.69) is 5.32 Å². The van der Waals surface area contributed by atoms with Crippen molar-refractivity contribution < 1.29 is 13.6 Å². The Morgan fingerprint density at radius 1 is 1.20 bits per heavy atom. The molecule has 3 N–H and O–H groups in total. The lowest BCUT2D eigenvalue weighted by molar-refractivity contribution is -0.117. The molecule has 0 aliphatic heterocycles. The first kappa shape index (κ1) is 14.8. The lowest BCUT2D eigenvalue weighted by Gasteiger charge is -2.15. The van der Waals surface area contributed by atoms with Gasteiger partial charge in [-0.2, -0.15) is 0 Å². The van der Waals surface area contributed by atoms with E-state index in [1.807, 2.05) is 0 Å². The monoisotopic (exact) mass is 282 g/mol. The van der Waals surface area contributed by atoms with Crippen LogP contribution in [-0.4, -0.2) is 5.91 Å². The molecule has 1 fully saturated rings. The van der Waals surface area contributed by atoms with Crippen LogP contribution in [0.4, 0.5) is 20.2 Å². The van der Waals surface area contributed by atoms with Crippen LogP contribution in [0.2, 0.25) is 0 Å². The van der Waals surface area contributed by atoms with E-state index in [-0.39, 0.29) is 17.3 Å². The molecule has 1 aliphatic carbocycles. The largest absolute Gasteiger partial charge is 0.397 e. The van der Waals surface area contributed by atoms with E-state index in [1.165, 1.54) is 12.8 Å². The van der Waals surface area contributed by atoms with Crippen molar-refractivity contribution in [3.05, 3.63) is 23.8 Å². The second-order valence-corrected chi connectivity index (χ2v) is 5.46. The Hall–Kier alpha value is -1.65. The summed E-state index contributed by atoms with van der Waals surface area (Å²) >= 11 is 0. The first-order chi connectivity index (χ1) is 9.56. The Labute approximate surface area is 117 Å². The third-order valence-electron chi connectivity index (χ3n) is 3.80. The summed E-state index contributed by atoms with van der Waals surface area (Å²) in [6.07, 6.45) is 7.17. The van der Waals surface area contributed by atoms with Gasteiger partial charge in [-0.25, -0.2) is 8.78 Å². The van der Waals surface area contributed by atoms with E-state index in [1.54, 1.807) is 0 Å². The van der Waals surface area contributed by atoms with Crippen molar-refractivity contribution in [3.8, 4) is 0 Å². The van der Waals surface area contributed by atoms with Crippen LogP contribution in [0.5, 0.6) is 0 Å². The van der Waals surface area contributed by atoms with Crippen molar-refractivity contribution in [2.75, 3.05) is 11.1 Å². The van der Waals surface area contributed by atoms with Crippen molar-refractivity contribution in [1.29, 1.82) is 0 Å². The van der Waals surface area contributed by atoms with E-state index in [0.717, 1.165) is 37.8 Å². The smallest absolute Gasteiger partial charge is 0.224 e. The molecule has 1 aromatic rings. The summed E-state index contributed by atoms with van der Waals surface area (Å²) in [6, 6.07) is 1.72. The van der Waals surface area contributed by atoms with E-state index < -0.39 is 11.6 Å². The van der Waals surface area contributed by atoms with Crippen LogP contribution in [0.1, 0.15) is 44.9 Å². The number of anilines is 2. The van der Waals surface area contributed by atoms with Gasteiger partial charge in [0, 0.05) is 12.5 Å². The number of nitrogens with one attached hydrogen (secondary N) is 1. The Bertz CT molecular complexity index is 460. The Balaban J connectivity index is 1.97. The first-order valence-corrected chi connectivity index (χ1v) is 7.10. The number of amides is 1. The molecule has 0 atom stereocenters. The highest BCUT2D eigenvalue weighted by Gasteiger charge is 2.18. The summed E-state index contributed by atoms with van der Waals surface area (Å²) in [5, 5.41) is 2.47. The minimum atomic E-state index is -0.836. The topological polar surface area (TPSA) is 55.1 Å². The summed E-state index contributed by atoms with van der Waals surface area (Å²) < 4.78 is 26.5. The molecule has 110 valence electrons. The molecule has 0 bridgehead atoms. The molecule has 1 amide bonds. The van der Waals surface area contributed by atoms with Crippen LogP contribution in [0, 0.1) is 17.6 Å². The van der Waals surface area contributed by atoms with Gasteiger partial charge in [-0.3, -0.25) is 4.79 Å². The molecule has 20 heavy (non-hydrogen) atoms. The fourth-order valence-electron chi connectivity index (χ4n) is 2.75. The molecule has 0 unspecified atom stereocenters. The molecule has 0 radical (unpaired) electrons. The number of nitrogen functional groups attached to an aromatic ring is 1. The highest BCUT2D eigenvalue weighted by molar-refractivity contribution is 5.94. The summed E-state index contributed by atoms with van der Waals surface area (Å²) in [5.74, 6) is -1.49. The molecule has 1 saturated carbocycles. The first-order valence-electron chi connectivity index (χ1n) is 7.10. The predicted molar refractivity (Wildman–Crippen MR) is 75.2 cm³/mol. The second kappa shape index (κ2) is 6.68. The fourth-order valence-corrected chi connectivity index (χ4v) is 2.75. The van der Waals surface area contributed by atoms with Gasteiger partial charge in [0.2, 0.25) is 5.91 Å². The van der Waals surface area contributed by atoms with Gasteiger partial charge < -0.3 is 11.1 Å². The van der Waals surface area contributed by atoms with Crippen LogP contribution >= 0.6 is 0 Å². The van der Waals surface area contributed by atoms with E-state index in [4.69, 9.17) is 5.73 Å². The summed E-state index contributed by atoms with van der Waals surface area (Å²) in [5.41, 5.74) is 5.33. The number of benzene rings is 1. The number of rotatable bonds is 3. The molecule has 0 aromatic heterocycles. The molecular weight excluding hydrogens is 262 g/mol. The lowest BCUT2D eigenvalue weighted by Crippen LogP contribution is -2.18. The van der Waals surface area contributed by atoms with Crippen LogP contribution in [0.3, 0.4) is 0 Å². The maximum absolute atomic E-state index is 13.6. The highest BCUT2D eigenvalue weighted by Crippen LogP contribution is 2.27. The molecule has 1 aromatic carbocycles. The normalized spacial score (nSPS) is 16.7. The average Bonchev–Trinajstić information content (AvgIpc) is 2.62. The van der Waals surface area contributed by atoms with E-state index in [0.29, 0.717) is 12.3 Å². The third kappa shape index (κ3) is 3.92. The second-order valence-electron chi connectivity index (χ2n) is 5.46. The van der Waals surface area contributed by atoms with E-state index in [9.17, 15) is 13.6 Å². The van der Waals surface area contributed by atoms with Crippen LogP contribution in [0.15, 0.2) is 12.1 Å². The molecule has 2 rings (SSSR count). The molecule has 0 saturated heterocycles. The molecule has 0 spiro atoms. The van der Waals surface area contributed by atoms with Crippen molar-refractivity contribution in [1.82, 2.24) is 0 Å². The molecular formula is C15H20F2N2O. The summed E-state index contributed by atoms with van der Waals surface area (Å²) in [7, 11) is 0. The maximum Gasteiger partial charge on any atom is 0.224 e. The number of nitrogens with two attached hydrogens (primary N) is 1. The van der Waals surface area contributed by atoms with Gasteiger partial charge in [-0.05, 0) is 24.8 Å². The average molecular weight is 282 g/mol. The number of carbonyl (C=O) groups excluding carboxylic acids is 1. The zero-order valence-electron chi connectivity index (χ0n) is 11.4. The minimum absolute atomic E-state index is 0.0864. The zero-order valence-corrected chi connectivity index (χ0v) is 11.4. The fraction of sp³-hybridized carbons (Fsp3) is 0.533. The van der Waals surface area contributed by atoms with Crippen molar-refractivity contribution >= 4 is 17.3 Å². The Kier molecular flexibility index (Phi) is 4.93. The van der Waals surface area contributed by atoms with E-state index >= 15 is 0 Å². The minimum Gasteiger partial charge on any atom is -0.397 e. The number of hydrogen-bond acceptors (Lipinski definition) is 2. The third-order valence-corrected chi connectivity index (χ3v) is 3.80. The Morgan fingerprint density at radius 2 is 1.85 bits per heavy atom. The lowest BCUT2D eigenvalue weighted by atomic mass is 9.96. The van der Waals surface area contributed by atoms with Crippen molar-refractivity contribution in [2.24, 2.45) is 5.92 Å². The van der Waals surface area contributed by atoms with Crippen LogP contribution in [-0.2, 0) is 4.79 Å². The van der Waals surface area contributed by atoms with Gasteiger partial charge in [-0.1, -0.05) is 25.7 Å². The van der Waals surface area contributed by atoms with Gasteiger partial charge >= 0.3 is 0 Å². The summed E-state index contributed by atoms with van der Waals surface area (Å²) in [4.78, 5) is 12.0. The standard InChI is InChI=1S/C15H20F2N2O/c16-11-8-12(17)15(13(18)9-11)19-14(20)7-10-5-3-1-2-4-6-10/h8-10H,1-7,18H2,(H,19,20). The number of hydrogen-bond donors (Lipinski definition) is 2. The van der Waals surface area contributed by atoms with Crippen LogP contribution in [0.25, 0.3) is 0 Å². The van der Waals surface area contributed by atoms with Gasteiger partial charge in [0.1, 0.15) is 11.5 Å². The molecule has 0 heterocycles. The predicted octanol–water partition coefficient (Wildman–Crippen LogP) is 3.85. The van der Waals surface area contributed by atoms with Crippen LogP contribution < -0.4 is 11.1 Å². The molecule has 5 heteroatoms. The quantitative estimate of drug-likeness (QED) is 0.653. The van der Waals surface area contributed by atoms with Gasteiger partial charge in [-0.15, -0.1) is 0 Å². The Morgan fingerprint density at radius 3 is 2.45 bits per heavy atom. The van der Waals surface area contributed by atoms with Crippen molar-refractivity contribution in [3.63, 3.8) is 0 Å². The molecule has 3 nitrogen and oxygen atoms in total. The van der Waals surface area contributed by atoms with Gasteiger partial charge in [0.15, 0.2) is 5.82 Å².